The Balaban J connectivity index is 3.33. The first-order valence-electron chi connectivity index (χ1n) is 14.1. The van der Waals surface area contributed by atoms with Crippen LogP contribution in [0.25, 0.3) is 0 Å². The van der Waals surface area contributed by atoms with Crippen molar-refractivity contribution in [3.63, 3.8) is 0 Å². The number of carboxylic acid groups (broad SMARTS) is 2. The van der Waals surface area contributed by atoms with E-state index in [1.807, 2.05) is 0 Å². The van der Waals surface area contributed by atoms with E-state index in [-0.39, 0.29) is 18.1 Å². The van der Waals surface area contributed by atoms with E-state index in [9.17, 15) is 9.59 Å². The van der Waals surface area contributed by atoms with Crippen LogP contribution < -0.4 is 0 Å². The fourth-order valence-corrected chi connectivity index (χ4v) is 5.60. The van der Waals surface area contributed by atoms with Crippen LogP contribution in [0.2, 0.25) is 0 Å². The topological polar surface area (TPSA) is 74.6 Å². The second-order valence-corrected chi connectivity index (χ2v) is 11.1. The summed E-state index contributed by atoms with van der Waals surface area (Å²) in [7, 11) is 0. The molecule has 4 nitrogen and oxygen atoms in total. The minimum absolute atomic E-state index is 0.0531. The molecule has 0 aromatic heterocycles. The third-order valence-electron chi connectivity index (χ3n) is 6.45. The van der Waals surface area contributed by atoms with Crippen molar-refractivity contribution in [3.05, 3.63) is 0 Å². The lowest BCUT2D eigenvalue weighted by atomic mass is 10.0. The molecule has 33 heavy (non-hydrogen) atoms. The zero-order chi connectivity index (χ0) is 24.4. The predicted octanol–water partition coefficient (Wildman–Crippen LogP) is 9.25. The first kappa shape index (κ1) is 32.3. The van der Waals surface area contributed by atoms with Gasteiger partial charge in [0.1, 0.15) is 0 Å². The summed E-state index contributed by atoms with van der Waals surface area (Å²) in [5, 5.41) is 17.8. The van der Waals surface area contributed by atoms with Crippen molar-refractivity contribution in [2.45, 2.75) is 160 Å². The fourth-order valence-electron chi connectivity index (χ4n) is 4.38. The van der Waals surface area contributed by atoms with E-state index in [4.69, 9.17) is 10.2 Å². The number of aliphatic carboxylic acids is 2. The molecule has 0 radical (unpaired) electrons. The number of carbonyl (C=O) groups is 2. The molecule has 1 atom stereocenters. The van der Waals surface area contributed by atoms with Gasteiger partial charge in [0.05, 0.1) is 12.8 Å². The fraction of sp³-hybridized carbons (Fsp3) is 0.929. The number of hydrogen-bond donors (Lipinski definition) is 2. The van der Waals surface area contributed by atoms with Crippen molar-refractivity contribution >= 4 is 23.7 Å². The summed E-state index contributed by atoms with van der Waals surface area (Å²) in [6, 6.07) is 0. The van der Waals surface area contributed by atoms with E-state index in [1.165, 1.54) is 127 Å². The van der Waals surface area contributed by atoms with Crippen molar-refractivity contribution < 1.29 is 19.8 Å². The summed E-state index contributed by atoms with van der Waals surface area (Å²) in [5.74, 6) is -1.08. The van der Waals surface area contributed by atoms with Gasteiger partial charge in [-0.25, -0.2) is 0 Å². The van der Waals surface area contributed by atoms with Gasteiger partial charge in [0.2, 0.25) is 0 Å². The van der Waals surface area contributed by atoms with E-state index in [0.29, 0.717) is 5.75 Å². The highest BCUT2D eigenvalue weighted by atomic mass is 32.2. The smallest absolute Gasteiger partial charge is 0.304 e. The molecule has 0 aromatic carbocycles. The molecule has 0 bridgehead atoms. The maximum Gasteiger partial charge on any atom is 0.304 e. The lowest BCUT2D eigenvalue weighted by Crippen LogP contribution is -2.11. The second kappa shape index (κ2) is 25.9. The standard InChI is InChI=1S/C28H54O4S/c1-2-3-4-5-6-7-8-9-10-11-12-13-14-15-16-17-18-19-20-21-22-26(25-28(31)32)33-24-23-27(29)30/h26H,2-25H2,1H3,(H,29,30)(H,31,32). The lowest BCUT2D eigenvalue weighted by molar-refractivity contribution is -0.137. The number of hydrogen-bond acceptors (Lipinski definition) is 3. The maximum absolute atomic E-state index is 11.0. The molecule has 0 saturated carbocycles. The van der Waals surface area contributed by atoms with Gasteiger partial charge in [0, 0.05) is 11.0 Å². The maximum atomic E-state index is 11.0. The van der Waals surface area contributed by atoms with Crippen LogP contribution in [0, 0.1) is 0 Å². The molecule has 0 heterocycles. The molecule has 0 aromatic rings. The van der Waals surface area contributed by atoms with Crippen molar-refractivity contribution in [1.82, 2.24) is 0 Å². The Morgan fingerprint density at radius 2 is 0.939 bits per heavy atom. The lowest BCUT2D eigenvalue weighted by Gasteiger charge is -2.13. The minimum Gasteiger partial charge on any atom is -0.481 e. The molecule has 0 spiro atoms. The Hall–Kier alpha value is -0.710. The van der Waals surface area contributed by atoms with E-state index in [2.05, 4.69) is 6.92 Å². The van der Waals surface area contributed by atoms with Crippen molar-refractivity contribution in [2.24, 2.45) is 0 Å². The van der Waals surface area contributed by atoms with Crippen LogP contribution in [-0.2, 0) is 9.59 Å². The van der Waals surface area contributed by atoms with Gasteiger partial charge in [0.25, 0.3) is 0 Å². The SMILES string of the molecule is CCCCCCCCCCCCCCCCCCCCCCC(CC(=O)O)SCCC(=O)O. The predicted molar refractivity (Wildman–Crippen MR) is 143 cm³/mol. The largest absolute Gasteiger partial charge is 0.481 e. The molecule has 2 N–H and O–H groups in total. The highest BCUT2D eigenvalue weighted by Crippen LogP contribution is 2.23. The molecule has 0 fully saturated rings. The zero-order valence-corrected chi connectivity index (χ0v) is 22.5. The first-order chi connectivity index (χ1) is 16.1. The van der Waals surface area contributed by atoms with E-state index >= 15 is 0 Å². The monoisotopic (exact) mass is 486 g/mol. The van der Waals surface area contributed by atoms with Gasteiger partial charge in [-0.3, -0.25) is 9.59 Å². The van der Waals surface area contributed by atoms with Crippen LogP contribution in [0.1, 0.15) is 155 Å². The summed E-state index contributed by atoms with van der Waals surface area (Å²) in [4.78, 5) is 21.6. The van der Waals surface area contributed by atoms with Gasteiger partial charge in [-0.15, -0.1) is 0 Å². The summed E-state index contributed by atoms with van der Waals surface area (Å²) >= 11 is 1.51. The Bertz CT molecular complexity index is 442. The third kappa shape index (κ3) is 27.4. The van der Waals surface area contributed by atoms with Gasteiger partial charge in [-0.1, -0.05) is 135 Å². The average molecular weight is 487 g/mol. The average Bonchev–Trinajstić information content (AvgIpc) is 2.77. The summed E-state index contributed by atoms with van der Waals surface area (Å²) in [6.07, 6.45) is 28.4. The summed E-state index contributed by atoms with van der Waals surface area (Å²) < 4.78 is 0. The van der Waals surface area contributed by atoms with Crippen molar-refractivity contribution in [2.75, 3.05) is 5.75 Å². The molecule has 0 saturated heterocycles. The van der Waals surface area contributed by atoms with Gasteiger partial charge in [0.15, 0.2) is 0 Å². The van der Waals surface area contributed by atoms with Gasteiger partial charge in [-0.05, 0) is 6.42 Å². The molecule has 0 aliphatic heterocycles. The van der Waals surface area contributed by atoms with Crippen molar-refractivity contribution in [1.29, 1.82) is 0 Å². The number of rotatable bonds is 27. The molecular formula is C28H54O4S. The normalized spacial score (nSPS) is 12.2. The molecule has 5 heteroatoms. The molecular weight excluding hydrogens is 432 g/mol. The Kier molecular flexibility index (Phi) is 25.3. The number of carboxylic acids is 2. The summed E-state index contributed by atoms with van der Waals surface area (Å²) in [6.45, 7) is 2.28. The second-order valence-electron chi connectivity index (χ2n) is 9.74. The molecule has 1 unspecified atom stereocenters. The van der Waals surface area contributed by atoms with Crippen LogP contribution in [0.4, 0.5) is 0 Å². The van der Waals surface area contributed by atoms with Crippen LogP contribution in [-0.4, -0.2) is 33.2 Å². The van der Waals surface area contributed by atoms with Crippen LogP contribution in [0.5, 0.6) is 0 Å². The third-order valence-corrected chi connectivity index (χ3v) is 7.77. The van der Waals surface area contributed by atoms with Gasteiger partial charge < -0.3 is 10.2 Å². The van der Waals surface area contributed by atoms with Gasteiger partial charge >= 0.3 is 11.9 Å². The summed E-state index contributed by atoms with van der Waals surface area (Å²) in [5.41, 5.74) is 0. The van der Waals surface area contributed by atoms with Crippen LogP contribution in [0.15, 0.2) is 0 Å². The van der Waals surface area contributed by atoms with E-state index < -0.39 is 11.9 Å². The number of thioether (sulfide) groups is 1. The molecule has 0 aliphatic carbocycles. The highest BCUT2D eigenvalue weighted by molar-refractivity contribution is 7.99. The zero-order valence-electron chi connectivity index (χ0n) is 21.7. The quantitative estimate of drug-likeness (QED) is 0.113. The Labute approximate surface area is 209 Å². The molecule has 196 valence electrons. The molecule has 0 aliphatic rings. The minimum atomic E-state index is -0.810. The van der Waals surface area contributed by atoms with Crippen LogP contribution >= 0.6 is 11.8 Å². The van der Waals surface area contributed by atoms with E-state index in [1.54, 1.807) is 0 Å². The van der Waals surface area contributed by atoms with E-state index in [0.717, 1.165) is 19.3 Å². The highest BCUT2D eigenvalue weighted by Gasteiger charge is 2.14. The van der Waals surface area contributed by atoms with Crippen molar-refractivity contribution in [3.8, 4) is 0 Å². The Morgan fingerprint density at radius 3 is 1.27 bits per heavy atom. The molecule has 0 amide bonds. The van der Waals surface area contributed by atoms with Gasteiger partial charge in [-0.2, -0.15) is 11.8 Å². The molecule has 0 rings (SSSR count). The Morgan fingerprint density at radius 1 is 0.576 bits per heavy atom. The first-order valence-corrected chi connectivity index (χ1v) is 15.2. The van der Waals surface area contributed by atoms with Crippen LogP contribution in [0.3, 0.4) is 0 Å². The number of unbranched alkanes of at least 4 members (excludes halogenated alkanes) is 19.